The van der Waals surface area contributed by atoms with E-state index in [0.29, 0.717) is 5.56 Å². The van der Waals surface area contributed by atoms with E-state index >= 15 is 0 Å². The molecular weight excluding hydrogens is 357 g/mol. The van der Waals surface area contributed by atoms with Gasteiger partial charge in [0, 0.05) is 0 Å². The van der Waals surface area contributed by atoms with E-state index in [2.05, 4.69) is 4.99 Å². The molecule has 1 atom stereocenters. The molecule has 0 aromatic heterocycles. The zero-order chi connectivity index (χ0) is 18.7. The molecule has 132 valence electrons. The van der Waals surface area contributed by atoms with Crippen molar-refractivity contribution in [3.8, 4) is 5.75 Å². The van der Waals surface area contributed by atoms with Gasteiger partial charge in [0.15, 0.2) is 11.7 Å². The summed E-state index contributed by atoms with van der Waals surface area (Å²) in [6.07, 6.45) is 1.55. The first kappa shape index (κ1) is 17.9. The fourth-order valence-electron chi connectivity index (χ4n) is 2.42. The number of ketones is 1. The van der Waals surface area contributed by atoms with E-state index in [0.717, 1.165) is 11.8 Å². The van der Waals surface area contributed by atoms with Crippen molar-refractivity contribution in [3.63, 3.8) is 0 Å². The van der Waals surface area contributed by atoms with Crippen molar-refractivity contribution >= 4 is 40.3 Å². The number of phenols is 1. The molecule has 3 rings (SSSR count). The van der Waals surface area contributed by atoms with E-state index in [-0.39, 0.29) is 21.4 Å². The smallest absolute Gasteiger partial charge is 0.323 e. The van der Waals surface area contributed by atoms with Crippen molar-refractivity contribution < 1.29 is 23.8 Å². The third-order valence-corrected chi connectivity index (χ3v) is 4.73. The molecule has 0 saturated carbocycles. The van der Waals surface area contributed by atoms with Crippen LogP contribution in [0.4, 0.5) is 10.1 Å². The molecule has 1 heterocycles. The quantitative estimate of drug-likeness (QED) is 0.506. The molecule has 2 aromatic carbocycles. The zero-order valence-electron chi connectivity index (χ0n) is 13.7. The number of rotatable bonds is 3. The second-order valence-electron chi connectivity index (χ2n) is 5.43. The lowest BCUT2D eigenvalue weighted by atomic mass is 10.0. The Morgan fingerprint density at radius 3 is 2.73 bits per heavy atom. The summed E-state index contributed by atoms with van der Waals surface area (Å²) < 4.78 is 18.6. The van der Waals surface area contributed by atoms with Crippen molar-refractivity contribution in [3.05, 3.63) is 64.8 Å². The van der Waals surface area contributed by atoms with E-state index in [9.17, 15) is 19.1 Å². The molecule has 1 unspecified atom stereocenters. The summed E-state index contributed by atoms with van der Waals surface area (Å²) in [4.78, 5) is 29.1. The number of hydrogen-bond acceptors (Lipinski definition) is 6. The molecule has 0 spiro atoms. The van der Waals surface area contributed by atoms with Crippen molar-refractivity contribution in [1.82, 2.24) is 0 Å². The predicted molar refractivity (Wildman–Crippen MR) is 97.7 cm³/mol. The Morgan fingerprint density at radius 2 is 2.04 bits per heavy atom. The van der Waals surface area contributed by atoms with Crippen LogP contribution >= 0.6 is 11.8 Å². The molecule has 0 radical (unpaired) electrons. The largest absolute Gasteiger partial charge is 0.508 e. The van der Waals surface area contributed by atoms with Gasteiger partial charge in [-0.3, -0.25) is 9.59 Å². The molecule has 0 amide bonds. The summed E-state index contributed by atoms with van der Waals surface area (Å²) in [6.45, 7) is 0. The zero-order valence-corrected chi connectivity index (χ0v) is 14.5. The molecular formula is C19H14FNO4S. The van der Waals surface area contributed by atoms with Gasteiger partial charge in [-0.15, -0.1) is 0 Å². The predicted octanol–water partition coefficient (Wildman–Crippen LogP) is 3.71. The van der Waals surface area contributed by atoms with Gasteiger partial charge in [0.2, 0.25) is 0 Å². The first-order valence-electron chi connectivity index (χ1n) is 7.63. The summed E-state index contributed by atoms with van der Waals surface area (Å²) in [6, 6.07) is 12.2. The molecule has 1 fully saturated rings. The van der Waals surface area contributed by atoms with Gasteiger partial charge in [-0.2, -0.15) is 0 Å². The number of Topliss-reactive ketones (excluding diaryl/α,β-unsaturated/α-hetero) is 1. The highest BCUT2D eigenvalue weighted by atomic mass is 32.2. The van der Waals surface area contributed by atoms with E-state index in [1.54, 1.807) is 24.3 Å². The number of aliphatic imine (C=N–C) groups is 1. The van der Waals surface area contributed by atoms with Gasteiger partial charge in [-0.25, -0.2) is 9.38 Å². The van der Waals surface area contributed by atoms with Crippen LogP contribution in [0.1, 0.15) is 5.56 Å². The van der Waals surface area contributed by atoms with E-state index in [1.165, 1.54) is 37.4 Å². The maximum absolute atomic E-state index is 13.9. The lowest BCUT2D eigenvalue weighted by molar-refractivity contribution is -0.145. The third-order valence-electron chi connectivity index (χ3n) is 3.65. The number of para-hydroxylation sites is 1. The minimum atomic E-state index is -1.23. The number of aromatic hydroxyl groups is 1. The van der Waals surface area contributed by atoms with Crippen LogP contribution < -0.4 is 0 Å². The minimum Gasteiger partial charge on any atom is -0.508 e. The summed E-state index contributed by atoms with van der Waals surface area (Å²) in [7, 11) is 1.18. The van der Waals surface area contributed by atoms with Gasteiger partial charge in [0.25, 0.3) is 0 Å². The third kappa shape index (κ3) is 3.67. The number of nitrogens with zero attached hydrogens (tertiary/aromatic N) is 1. The fourth-order valence-corrected chi connectivity index (χ4v) is 3.52. The molecule has 5 nitrogen and oxygen atoms in total. The highest BCUT2D eigenvalue weighted by molar-refractivity contribution is 8.19. The maximum Gasteiger partial charge on any atom is 0.323 e. The first-order valence-corrected chi connectivity index (χ1v) is 8.45. The minimum absolute atomic E-state index is 0.0373. The number of esters is 1. The molecule has 0 bridgehead atoms. The Morgan fingerprint density at radius 1 is 1.27 bits per heavy atom. The highest BCUT2D eigenvalue weighted by Gasteiger charge is 2.42. The van der Waals surface area contributed by atoms with Gasteiger partial charge < -0.3 is 9.84 Å². The molecule has 1 aliphatic rings. The SMILES string of the molecule is COC(=O)C1C(=O)/C(=C/c2cccc(O)c2)SC1=Nc1ccccc1F. The topological polar surface area (TPSA) is 76.0 Å². The van der Waals surface area contributed by atoms with Gasteiger partial charge in [-0.1, -0.05) is 36.0 Å². The Hall–Kier alpha value is -2.93. The monoisotopic (exact) mass is 371 g/mol. The number of benzene rings is 2. The number of halogens is 1. The average molecular weight is 371 g/mol. The molecule has 1 saturated heterocycles. The van der Waals surface area contributed by atoms with Gasteiger partial charge >= 0.3 is 5.97 Å². The van der Waals surface area contributed by atoms with Crippen LogP contribution in [0.25, 0.3) is 6.08 Å². The number of hydrogen-bond donors (Lipinski definition) is 1. The average Bonchev–Trinajstić information content (AvgIpc) is 2.92. The van der Waals surface area contributed by atoms with Gasteiger partial charge in [-0.05, 0) is 35.9 Å². The summed E-state index contributed by atoms with van der Waals surface area (Å²) >= 11 is 0.987. The summed E-state index contributed by atoms with van der Waals surface area (Å²) in [5, 5.41) is 9.70. The van der Waals surface area contributed by atoms with E-state index in [4.69, 9.17) is 4.74 Å². The lowest BCUT2D eigenvalue weighted by Crippen LogP contribution is -2.26. The molecule has 2 aromatic rings. The van der Waals surface area contributed by atoms with Crippen LogP contribution in [0.2, 0.25) is 0 Å². The van der Waals surface area contributed by atoms with Gasteiger partial charge in [0.1, 0.15) is 16.6 Å². The molecule has 1 aliphatic heterocycles. The fraction of sp³-hybridized carbons (Fsp3) is 0.105. The Kier molecular flexibility index (Phi) is 5.18. The summed E-state index contributed by atoms with van der Waals surface area (Å²) in [5.74, 6) is -2.95. The second-order valence-corrected chi connectivity index (χ2v) is 6.49. The molecule has 0 aliphatic carbocycles. The van der Waals surface area contributed by atoms with Crippen LogP contribution in [0.5, 0.6) is 5.75 Å². The standard InChI is InChI=1S/C19H14FNO4S/c1-25-19(24)16-17(23)15(10-11-5-4-6-12(22)9-11)26-18(16)21-14-8-3-2-7-13(14)20/h2-10,16,22H,1H3/b15-10-,21-18?. The number of phenolic OH excluding ortho intramolecular Hbond substituents is 1. The lowest BCUT2D eigenvalue weighted by Gasteiger charge is -2.06. The molecule has 26 heavy (non-hydrogen) atoms. The van der Waals surface area contributed by atoms with E-state index in [1.807, 2.05) is 0 Å². The van der Waals surface area contributed by atoms with Crippen LogP contribution in [-0.4, -0.2) is 29.0 Å². The summed E-state index contributed by atoms with van der Waals surface area (Å²) in [5.41, 5.74) is 0.631. The normalized spacial score (nSPS) is 19.9. The number of thioether (sulfide) groups is 1. The number of carbonyl (C=O) groups is 2. The van der Waals surface area contributed by atoms with Gasteiger partial charge in [0.05, 0.1) is 17.7 Å². The van der Waals surface area contributed by atoms with Crippen LogP contribution in [0.15, 0.2) is 58.4 Å². The van der Waals surface area contributed by atoms with Crippen molar-refractivity contribution in [2.75, 3.05) is 7.11 Å². The second kappa shape index (κ2) is 7.53. The van der Waals surface area contributed by atoms with Crippen molar-refractivity contribution in [2.24, 2.45) is 10.9 Å². The number of allylic oxidation sites excluding steroid dienone is 1. The Labute approximate surface area is 153 Å². The van der Waals surface area contributed by atoms with Crippen molar-refractivity contribution in [1.29, 1.82) is 0 Å². The maximum atomic E-state index is 13.9. The Bertz CT molecular complexity index is 939. The Balaban J connectivity index is 2.03. The number of carbonyl (C=O) groups excluding carboxylic acids is 2. The van der Waals surface area contributed by atoms with E-state index < -0.39 is 23.5 Å². The number of methoxy groups -OCH3 is 1. The highest BCUT2D eigenvalue weighted by Crippen LogP contribution is 2.38. The molecule has 7 heteroatoms. The first-order chi connectivity index (χ1) is 12.5. The van der Waals surface area contributed by atoms with Crippen molar-refractivity contribution in [2.45, 2.75) is 0 Å². The van der Waals surface area contributed by atoms with Crippen LogP contribution in [-0.2, 0) is 14.3 Å². The van der Waals surface area contributed by atoms with Crippen LogP contribution in [0.3, 0.4) is 0 Å². The molecule has 1 N–H and O–H groups in total. The van der Waals surface area contributed by atoms with Crippen LogP contribution in [0, 0.1) is 11.7 Å². The number of ether oxygens (including phenoxy) is 1.